The summed E-state index contributed by atoms with van der Waals surface area (Å²) in [6, 6.07) is 2.64. The Morgan fingerprint density at radius 2 is 1.38 bits per heavy atom. The third-order valence-corrected chi connectivity index (χ3v) is 6.19. The van der Waals surface area contributed by atoms with Gasteiger partial charge in [-0.15, -0.1) is 0 Å². The van der Waals surface area contributed by atoms with Crippen molar-refractivity contribution in [1.82, 2.24) is 0 Å². The highest BCUT2D eigenvalue weighted by Crippen LogP contribution is 2.44. The molecule has 3 rings (SSSR count). The fraction of sp³-hybridized carbons (Fsp3) is 0.700. The van der Waals surface area contributed by atoms with Crippen LogP contribution in [0.15, 0.2) is 12.1 Å². The van der Waals surface area contributed by atoms with Gasteiger partial charge in [0.05, 0.1) is 0 Å². The SMILES string of the molecule is CC1CCC(C2CCC(c3cc(F)c(OCF)c(F)c3)CC2)CC1. The van der Waals surface area contributed by atoms with Gasteiger partial charge >= 0.3 is 0 Å². The van der Waals surface area contributed by atoms with Crippen LogP contribution in [-0.2, 0) is 0 Å². The van der Waals surface area contributed by atoms with E-state index in [-0.39, 0.29) is 5.92 Å². The zero-order valence-electron chi connectivity index (χ0n) is 14.4. The van der Waals surface area contributed by atoms with Crippen molar-refractivity contribution in [2.75, 3.05) is 6.86 Å². The fourth-order valence-corrected chi connectivity index (χ4v) is 4.69. The van der Waals surface area contributed by atoms with Gasteiger partial charge in [-0.1, -0.05) is 19.8 Å². The minimum atomic E-state index is -1.22. The quantitative estimate of drug-likeness (QED) is 0.619. The average molecular weight is 340 g/mol. The molecule has 2 saturated carbocycles. The van der Waals surface area contributed by atoms with E-state index >= 15 is 0 Å². The van der Waals surface area contributed by atoms with Gasteiger partial charge in [0.15, 0.2) is 17.4 Å². The molecule has 24 heavy (non-hydrogen) atoms. The van der Waals surface area contributed by atoms with Gasteiger partial charge in [-0.05, 0) is 79.9 Å². The van der Waals surface area contributed by atoms with Crippen molar-refractivity contribution in [2.24, 2.45) is 17.8 Å². The van der Waals surface area contributed by atoms with Crippen molar-refractivity contribution in [3.8, 4) is 5.75 Å². The minimum absolute atomic E-state index is 0.201. The van der Waals surface area contributed by atoms with Gasteiger partial charge < -0.3 is 4.74 Å². The molecule has 0 saturated heterocycles. The molecule has 0 unspecified atom stereocenters. The molecule has 2 aliphatic rings. The van der Waals surface area contributed by atoms with E-state index in [1.54, 1.807) is 0 Å². The summed E-state index contributed by atoms with van der Waals surface area (Å²) in [5, 5.41) is 0. The predicted molar refractivity (Wildman–Crippen MR) is 88.8 cm³/mol. The van der Waals surface area contributed by atoms with Gasteiger partial charge in [-0.25, -0.2) is 13.2 Å². The predicted octanol–water partition coefficient (Wildman–Crippen LogP) is 6.37. The van der Waals surface area contributed by atoms with Crippen LogP contribution in [-0.4, -0.2) is 6.86 Å². The molecule has 0 amide bonds. The highest BCUT2D eigenvalue weighted by molar-refractivity contribution is 5.33. The Morgan fingerprint density at radius 3 is 1.88 bits per heavy atom. The number of benzene rings is 1. The average Bonchev–Trinajstić information content (AvgIpc) is 2.59. The summed E-state index contributed by atoms with van der Waals surface area (Å²) in [6.45, 7) is 1.12. The molecule has 1 nitrogen and oxygen atoms in total. The molecule has 0 spiro atoms. The molecule has 1 aromatic rings. The van der Waals surface area contributed by atoms with Gasteiger partial charge in [0.2, 0.25) is 6.86 Å². The third-order valence-electron chi connectivity index (χ3n) is 6.19. The lowest BCUT2D eigenvalue weighted by Crippen LogP contribution is -2.24. The van der Waals surface area contributed by atoms with Gasteiger partial charge in [-0.3, -0.25) is 0 Å². The van der Waals surface area contributed by atoms with Crippen LogP contribution in [0.4, 0.5) is 13.2 Å². The monoisotopic (exact) mass is 340 g/mol. The van der Waals surface area contributed by atoms with Gasteiger partial charge in [-0.2, -0.15) is 0 Å². The lowest BCUT2D eigenvalue weighted by Gasteiger charge is -2.37. The highest BCUT2D eigenvalue weighted by Gasteiger charge is 2.31. The summed E-state index contributed by atoms with van der Waals surface area (Å²) >= 11 is 0. The molecule has 4 heteroatoms. The summed E-state index contributed by atoms with van der Waals surface area (Å²) in [4.78, 5) is 0. The summed E-state index contributed by atoms with van der Waals surface area (Å²) in [6.07, 6.45) is 9.64. The Hall–Kier alpha value is -1.19. The van der Waals surface area contributed by atoms with Crippen molar-refractivity contribution >= 4 is 0 Å². The van der Waals surface area contributed by atoms with Crippen LogP contribution in [0, 0.1) is 29.4 Å². The van der Waals surface area contributed by atoms with Crippen LogP contribution in [0.3, 0.4) is 0 Å². The highest BCUT2D eigenvalue weighted by atomic mass is 19.1. The standard InChI is InChI=1S/C20H27F3O/c1-13-2-4-14(5-3-13)15-6-8-16(9-7-15)17-10-18(22)20(24-12-21)19(23)11-17/h10-11,13-16H,2-9,12H2,1H3. The molecule has 0 heterocycles. The summed E-state index contributed by atoms with van der Waals surface area (Å²) in [7, 11) is 0. The van der Waals surface area contributed by atoms with Crippen molar-refractivity contribution in [2.45, 2.75) is 64.2 Å². The first-order valence-electron chi connectivity index (χ1n) is 9.26. The van der Waals surface area contributed by atoms with E-state index in [0.29, 0.717) is 5.56 Å². The number of rotatable bonds is 4. The van der Waals surface area contributed by atoms with Gasteiger partial charge in [0.1, 0.15) is 0 Å². The van der Waals surface area contributed by atoms with Crippen molar-refractivity contribution < 1.29 is 17.9 Å². The summed E-state index contributed by atoms with van der Waals surface area (Å²) in [5.74, 6) is 0.484. The van der Waals surface area contributed by atoms with Crippen LogP contribution in [0.5, 0.6) is 5.75 Å². The maximum Gasteiger partial charge on any atom is 0.228 e. The smallest absolute Gasteiger partial charge is 0.228 e. The van der Waals surface area contributed by atoms with Crippen LogP contribution >= 0.6 is 0 Å². The van der Waals surface area contributed by atoms with E-state index in [9.17, 15) is 13.2 Å². The molecule has 1 aromatic carbocycles. The molecule has 0 atom stereocenters. The summed E-state index contributed by atoms with van der Waals surface area (Å²) in [5.41, 5.74) is 0.687. The van der Waals surface area contributed by atoms with E-state index in [1.807, 2.05) is 0 Å². The number of ether oxygens (including phenoxy) is 1. The van der Waals surface area contributed by atoms with Crippen molar-refractivity contribution in [3.05, 3.63) is 29.3 Å². The third kappa shape index (κ3) is 3.89. The van der Waals surface area contributed by atoms with E-state index < -0.39 is 24.2 Å². The first-order chi connectivity index (χ1) is 11.6. The largest absolute Gasteiger partial charge is 0.457 e. The molecule has 134 valence electrons. The van der Waals surface area contributed by atoms with Crippen molar-refractivity contribution in [3.63, 3.8) is 0 Å². The van der Waals surface area contributed by atoms with Crippen molar-refractivity contribution in [1.29, 1.82) is 0 Å². The Bertz CT molecular complexity index is 521. The van der Waals surface area contributed by atoms with Crippen LogP contribution < -0.4 is 4.74 Å². The maximum absolute atomic E-state index is 13.9. The molecular weight excluding hydrogens is 313 g/mol. The van der Waals surface area contributed by atoms with Crippen LogP contribution in [0.1, 0.15) is 69.8 Å². The van der Waals surface area contributed by atoms with E-state index in [2.05, 4.69) is 11.7 Å². The zero-order chi connectivity index (χ0) is 17.1. The Kier molecular flexibility index (Phi) is 5.72. The Labute approximate surface area is 142 Å². The molecule has 0 aromatic heterocycles. The van der Waals surface area contributed by atoms with E-state index in [0.717, 1.165) is 43.4 Å². The second-order valence-electron chi connectivity index (χ2n) is 7.70. The number of hydrogen-bond donors (Lipinski definition) is 0. The maximum atomic E-state index is 13.9. The Balaban J connectivity index is 1.60. The molecule has 2 fully saturated rings. The lowest BCUT2D eigenvalue weighted by atomic mass is 9.68. The number of hydrogen-bond acceptors (Lipinski definition) is 1. The molecule has 2 aliphatic carbocycles. The van der Waals surface area contributed by atoms with E-state index in [4.69, 9.17) is 0 Å². The topological polar surface area (TPSA) is 9.23 Å². The fourth-order valence-electron chi connectivity index (χ4n) is 4.69. The minimum Gasteiger partial charge on any atom is -0.457 e. The molecule has 0 aliphatic heterocycles. The molecule has 0 N–H and O–H groups in total. The first kappa shape index (κ1) is 17.6. The van der Waals surface area contributed by atoms with E-state index in [1.165, 1.54) is 37.8 Å². The second-order valence-corrected chi connectivity index (χ2v) is 7.70. The molecular formula is C20H27F3O. The second kappa shape index (κ2) is 7.79. The van der Waals surface area contributed by atoms with Crippen LogP contribution in [0.25, 0.3) is 0 Å². The first-order valence-corrected chi connectivity index (χ1v) is 9.26. The molecule has 0 radical (unpaired) electrons. The Morgan fingerprint density at radius 1 is 0.875 bits per heavy atom. The lowest BCUT2D eigenvalue weighted by molar-refractivity contribution is 0.164. The van der Waals surface area contributed by atoms with Gasteiger partial charge in [0, 0.05) is 0 Å². The normalized spacial score (nSPS) is 31.0. The summed E-state index contributed by atoms with van der Waals surface area (Å²) < 4.78 is 44.4. The zero-order valence-corrected chi connectivity index (χ0v) is 14.4. The number of halogens is 3. The molecule has 0 bridgehead atoms. The van der Waals surface area contributed by atoms with Gasteiger partial charge in [0.25, 0.3) is 0 Å². The number of alkyl halides is 1. The van der Waals surface area contributed by atoms with Crippen LogP contribution in [0.2, 0.25) is 0 Å².